The van der Waals surface area contributed by atoms with Crippen LogP contribution >= 0.6 is 11.3 Å². The molecule has 2 heterocycles. The number of carbonyl (C=O) groups is 1. The first-order valence-electron chi connectivity index (χ1n) is 9.29. The monoisotopic (exact) mass is 360 g/mol. The maximum absolute atomic E-state index is 12.9. The van der Waals surface area contributed by atoms with E-state index in [-0.39, 0.29) is 24.1 Å². The first-order valence-corrected chi connectivity index (χ1v) is 10.1. The van der Waals surface area contributed by atoms with Crippen LogP contribution in [0.2, 0.25) is 0 Å². The van der Waals surface area contributed by atoms with Crippen molar-refractivity contribution < 1.29 is 4.79 Å². The third kappa shape index (κ3) is 3.34. The average molecular weight is 360 g/mol. The Morgan fingerprint density at radius 1 is 1.28 bits per heavy atom. The third-order valence-corrected chi connectivity index (χ3v) is 6.59. The SMILES string of the molecule is CC1CCc2c(sc3nnn(CC(=O)NC4CCCCC4)c(=O)c23)C1. The number of rotatable bonds is 3. The molecule has 6 nitrogen and oxygen atoms in total. The second-order valence-electron chi connectivity index (χ2n) is 7.49. The zero-order chi connectivity index (χ0) is 17.4. The van der Waals surface area contributed by atoms with E-state index in [1.54, 1.807) is 11.3 Å². The normalized spacial score (nSPS) is 21.2. The zero-order valence-corrected chi connectivity index (χ0v) is 15.4. The number of carbonyl (C=O) groups excluding carboxylic acids is 1. The number of amides is 1. The zero-order valence-electron chi connectivity index (χ0n) is 14.6. The molecule has 134 valence electrons. The molecule has 0 spiro atoms. The summed E-state index contributed by atoms with van der Waals surface area (Å²) in [6, 6.07) is 0.240. The topological polar surface area (TPSA) is 76.9 Å². The van der Waals surface area contributed by atoms with Crippen LogP contribution in [0, 0.1) is 5.92 Å². The molecular weight excluding hydrogens is 336 g/mol. The molecule has 1 atom stereocenters. The van der Waals surface area contributed by atoms with Gasteiger partial charge in [0.25, 0.3) is 5.56 Å². The number of aryl methyl sites for hydroxylation is 1. The number of fused-ring (bicyclic) bond motifs is 3. The Bertz CT molecular complexity index is 851. The van der Waals surface area contributed by atoms with E-state index >= 15 is 0 Å². The Morgan fingerprint density at radius 2 is 2.08 bits per heavy atom. The van der Waals surface area contributed by atoms with Crippen LogP contribution in [-0.2, 0) is 24.2 Å². The summed E-state index contributed by atoms with van der Waals surface area (Å²) in [6.45, 7) is 2.20. The maximum Gasteiger partial charge on any atom is 0.279 e. The van der Waals surface area contributed by atoms with E-state index in [0.717, 1.165) is 50.5 Å². The highest BCUT2D eigenvalue weighted by Crippen LogP contribution is 2.35. The predicted octanol–water partition coefficient (Wildman–Crippen LogP) is 2.43. The van der Waals surface area contributed by atoms with Gasteiger partial charge in [0.1, 0.15) is 6.54 Å². The Kier molecular flexibility index (Phi) is 4.58. The smallest absolute Gasteiger partial charge is 0.279 e. The van der Waals surface area contributed by atoms with Crippen LogP contribution in [-0.4, -0.2) is 26.9 Å². The van der Waals surface area contributed by atoms with E-state index in [2.05, 4.69) is 22.6 Å². The highest BCUT2D eigenvalue weighted by atomic mass is 32.1. The molecule has 0 aromatic carbocycles. The van der Waals surface area contributed by atoms with Crippen molar-refractivity contribution in [3.05, 3.63) is 20.8 Å². The van der Waals surface area contributed by atoms with Crippen molar-refractivity contribution in [3.8, 4) is 0 Å². The van der Waals surface area contributed by atoms with Crippen molar-refractivity contribution >= 4 is 27.5 Å². The molecular formula is C18H24N4O2S. The van der Waals surface area contributed by atoms with Gasteiger partial charge < -0.3 is 5.32 Å². The predicted molar refractivity (Wildman–Crippen MR) is 97.9 cm³/mol. The van der Waals surface area contributed by atoms with Gasteiger partial charge in [0.05, 0.1) is 5.39 Å². The van der Waals surface area contributed by atoms with E-state index in [4.69, 9.17) is 0 Å². The van der Waals surface area contributed by atoms with E-state index in [9.17, 15) is 9.59 Å². The lowest BCUT2D eigenvalue weighted by molar-refractivity contribution is -0.122. The van der Waals surface area contributed by atoms with Crippen LogP contribution in [0.3, 0.4) is 0 Å². The molecule has 25 heavy (non-hydrogen) atoms. The van der Waals surface area contributed by atoms with Crippen LogP contribution in [0.5, 0.6) is 0 Å². The molecule has 2 aliphatic carbocycles. The molecule has 2 aromatic rings. The molecule has 0 saturated heterocycles. The lowest BCUT2D eigenvalue weighted by Crippen LogP contribution is -2.40. The largest absolute Gasteiger partial charge is 0.352 e. The van der Waals surface area contributed by atoms with Crippen molar-refractivity contribution in [3.63, 3.8) is 0 Å². The van der Waals surface area contributed by atoms with Crippen LogP contribution in [0.1, 0.15) is 55.9 Å². The third-order valence-electron chi connectivity index (χ3n) is 5.45. The summed E-state index contributed by atoms with van der Waals surface area (Å²) in [6.07, 6.45) is 8.66. The molecule has 0 bridgehead atoms. The van der Waals surface area contributed by atoms with Gasteiger partial charge in [-0.25, -0.2) is 4.68 Å². The summed E-state index contributed by atoms with van der Waals surface area (Å²) < 4.78 is 1.23. The first-order chi connectivity index (χ1) is 12.1. The van der Waals surface area contributed by atoms with Crippen molar-refractivity contribution in [1.82, 2.24) is 20.3 Å². The highest BCUT2D eigenvalue weighted by Gasteiger charge is 2.24. The minimum absolute atomic E-state index is 0.0424. The molecule has 2 aromatic heterocycles. The molecule has 7 heteroatoms. The number of hydrogen-bond donors (Lipinski definition) is 1. The summed E-state index contributed by atoms with van der Waals surface area (Å²) in [4.78, 5) is 27.1. The van der Waals surface area contributed by atoms with Crippen molar-refractivity contribution in [2.24, 2.45) is 5.92 Å². The van der Waals surface area contributed by atoms with Crippen LogP contribution in [0.4, 0.5) is 0 Å². The lowest BCUT2D eigenvalue weighted by Gasteiger charge is -2.22. The van der Waals surface area contributed by atoms with E-state index < -0.39 is 0 Å². The van der Waals surface area contributed by atoms with Gasteiger partial charge in [0.15, 0.2) is 4.83 Å². The Hall–Kier alpha value is -1.76. The van der Waals surface area contributed by atoms with Gasteiger partial charge in [-0.1, -0.05) is 31.4 Å². The molecule has 1 fully saturated rings. The van der Waals surface area contributed by atoms with Crippen LogP contribution in [0.25, 0.3) is 10.2 Å². The Balaban J connectivity index is 1.57. The molecule has 1 saturated carbocycles. The quantitative estimate of drug-likeness (QED) is 0.912. The summed E-state index contributed by atoms with van der Waals surface area (Å²) in [5.41, 5.74) is 0.968. The van der Waals surface area contributed by atoms with Gasteiger partial charge >= 0.3 is 0 Å². The van der Waals surface area contributed by atoms with Crippen molar-refractivity contribution in [2.45, 2.75) is 70.9 Å². The maximum atomic E-state index is 12.9. The number of nitrogens with one attached hydrogen (secondary N) is 1. The Morgan fingerprint density at radius 3 is 2.88 bits per heavy atom. The molecule has 1 unspecified atom stereocenters. The van der Waals surface area contributed by atoms with Gasteiger partial charge in [-0.15, -0.1) is 16.4 Å². The number of aromatic nitrogens is 3. The fraction of sp³-hybridized carbons (Fsp3) is 0.667. The number of nitrogens with zero attached hydrogens (tertiary/aromatic N) is 3. The second-order valence-corrected chi connectivity index (χ2v) is 8.57. The first kappa shape index (κ1) is 16.7. The van der Waals surface area contributed by atoms with Gasteiger partial charge in [0, 0.05) is 10.9 Å². The van der Waals surface area contributed by atoms with E-state index in [1.165, 1.54) is 16.0 Å². The van der Waals surface area contributed by atoms with Gasteiger partial charge in [-0.05, 0) is 43.6 Å². The minimum atomic E-state index is -0.171. The summed E-state index contributed by atoms with van der Waals surface area (Å²) in [5, 5.41) is 12.0. The standard InChI is InChI=1S/C18H24N4O2S/c1-11-7-8-13-14(9-11)25-17-16(13)18(24)22(21-20-17)10-15(23)19-12-5-3-2-4-6-12/h11-12H,2-10H2,1H3,(H,19,23). The van der Waals surface area contributed by atoms with E-state index in [1.807, 2.05) is 0 Å². The Labute approximate surface area is 150 Å². The second kappa shape index (κ2) is 6.86. The molecule has 1 N–H and O–H groups in total. The fourth-order valence-electron chi connectivity index (χ4n) is 4.05. The summed E-state index contributed by atoms with van der Waals surface area (Å²) in [5.74, 6) is 0.511. The van der Waals surface area contributed by atoms with E-state index in [0.29, 0.717) is 16.1 Å². The van der Waals surface area contributed by atoms with Gasteiger partial charge in [-0.2, -0.15) is 0 Å². The minimum Gasteiger partial charge on any atom is -0.352 e. The summed E-state index contributed by atoms with van der Waals surface area (Å²) >= 11 is 1.59. The van der Waals surface area contributed by atoms with Crippen LogP contribution < -0.4 is 10.9 Å². The molecule has 2 aliphatic rings. The molecule has 0 aliphatic heterocycles. The van der Waals surface area contributed by atoms with Crippen molar-refractivity contribution in [2.75, 3.05) is 0 Å². The van der Waals surface area contributed by atoms with Gasteiger partial charge in [0.2, 0.25) is 5.91 Å². The summed E-state index contributed by atoms with van der Waals surface area (Å²) in [7, 11) is 0. The highest BCUT2D eigenvalue weighted by molar-refractivity contribution is 7.18. The van der Waals surface area contributed by atoms with Gasteiger partial charge in [-0.3, -0.25) is 9.59 Å². The molecule has 4 rings (SSSR count). The van der Waals surface area contributed by atoms with Crippen LogP contribution in [0.15, 0.2) is 4.79 Å². The number of hydrogen-bond acceptors (Lipinski definition) is 5. The fourth-order valence-corrected chi connectivity index (χ4v) is 5.37. The number of thiophene rings is 1. The van der Waals surface area contributed by atoms with Crippen molar-refractivity contribution in [1.29, 1.82) is 0 Å². The average Bonchev–Trinajstić information content (AvgIpc) is 2.96. The lowest BCUT2D eigenvalue weighted by atomic mass is 9.89. The molecule has 0 radical (unpaired) electrons. The molecule has 1 amide bonds.